The third kappa shape index (κ3) is 4.56. The van der Waals surface area contributed by atoms with E-state index in [0.29, 0.717) is 6.42 Å². The lowest BCUT2D eigenvalue weighted by Gasteiger charge is -2.23. The van der Waals surface area contributed by atoms with Gasteiger partial charge in [-0.25, -0.2) is 0 Å². The molecule has 3 nitrogen and oxygen atoms in total. The van der Waals surface area contributed by atoms with E-state index in [0.717, 1.165) is 21.3 Å². The predicted molar refractivity (Wildman–Crippen MR) is 88.4 cm³/mol. The number of hydrogen-bond donors (Lipinski definition) is 2. The van der Waals surface area contributed by atoms with Crippen LogP contribution in [-0.4, -0.2) is 17.8 Å². The fourth-order valence-corrected chi connectivity index (χ4v) is 2.59. The molecule has 0 heterocycles. The fourth-order valence-electron chi connectivity index (χ4n) is 2.17. The molecule has 2 unspecified atom stereocenters. The van der Waals surface area contributed by atoms with Crippen molar-refractivity contribution in [3.05, 3.63) is 64.1 Å². The summed E-state index contributed by atoms with van der Waals surface area (Å²) < 4.78 is 7.05. The van der Waals surface area contributed by atoms with E-state index in [1.165, 1.54) is 0 Å². The minimum Gasteiger partial charge on any atom is -0.484 e. The highest BCUT2D eigenvalue weighted by atomic mass is 79.9. The summed E-state index contributed by atoms with van der Waals surface area (Å²) in [6, 6.07) is 15.6. The van der Waals surface area contributed by atoms with Gasteiger partial charge in [-0.05, 0) is 48.7 Å². The SMILES string of the molecule is CC(N)C(Oc1ccc(CCO)cc1)c1cccc(Br)c1. The third-order valence-corrected chi connectivity index (χ3v) is 3.73. The van der Waals surface area contributed by atoms with E-state index >= 15 is 0 Å². The van der Waals surface area contributed by atoms with E-state index in [1.54, 1.807) is 0 Å². The van der Waals surface area contributed by atoms with Gasteiger partial charge < -0.3 is 15.6 Å². The molecule has 2 aromatic rings. The van der Waals surface area contributed by atoms with Gasteiger partial charge in [0.15, 0.2) is 0 Å². The van der Waals surface area contributed by atoms with Crippen LogP contribution in [0.3, 0.4) is 0 Å². The van der Waals surface area contributed by atoms with Gasteiger partial charge in [-0.2, -0.15) is 0 Å². The Bertz CT molecular complexity index is 569. The van der Waals surface area contributed by atoms with Crippen LogP contribution in [0.5, 0.6) is 5.75 Å². The standard InChI is InChI=1S/C17H20BrNO2/c1-12(19)17(14-3-2-4-15(18)11-14)21-16-7-5-13(6-8-16)9-10-20/h2-8,11-12,17,20H,9-10,19H2,1H3. The van der Waals surface area contributed by atoms with Gasteiger partial charge in [0.1, 0.15) is 11.9 Å². The maximum Gasteiger partial charge on any atom is 0.138 e. The quantitative estimate of drug-likeness (QED) is 0.839. The first-order valence-corrected chi connectivity index (χ1v) is 7.77. The van der Waals surface area contributed by atoms with Gasteiger partial charge in [-0.1, -0.05) is 40.2 Å². The topological polar surface area (TPSA) is 55.5 Å². The largest absolute Gasteiger partial charge is 0.484 e. The molecular formula is C17H20BrNO2. The maximum atomic E-state index is 8.93. The summed E-state index contributed by atoms with van der Waals surface area (Å²) in [5.41, 5.74) is 8.20. The van der Waals surface area contributed by atoms with Crippen molar-refractivity contribution in [1.82, 2.24) is 0 Å². The van der Waals surface area contributed by atoms with E-state index < -0.39 is 0 Å². The van der Waals surface area contributed by atoms with Crippen LogP contribution >= 0.6 is 15.9 Å². The summed E-state index contributed by atoms with van der Waals surface area (Å²) in [6.45, 7) is 2.09. The number of nitrogens with two attached hydrogens (primary N) is 1. The molecule has 112 valence electrons. The Balaban J connectivity index is 2.16. The van der Waals surface area contributed by atoms with Crippen LogP contribution < -0.4 is 10.5 Å². The molecule has 0 aromatic heterocycles. The Morgan fingerprint density at radius 2 is 1.90 bits per heavy atom. The van der Waals surface area contributed by atoms with Crippen LogP contribution in [-0.2, 0) is 6.42 Å². The summed E-state index contributed by atoms with van der Waals surface area (Å²) in [4.78, 5) is 0. The predicted octanol–water partition coefficient (Wildman–Crippen LogP) is 3.45. The second-order valence-electron chi connectivity index (χ2n) is 5.07. The zero-order valence-electron chi connectivity index (χ0n) is 12.0. The van der Waals surface area contributed by atoms with Crippen molar-refractivity contribution in [3.63, 3.8) is 0 Å². The molecule has 0 aliphatic carbocycles. The van der Waals surface area contributed by atoms with Crippen molar-refractivity contribution in [3.8, 4) is 5.75 Å². The van der Waals surface area contributed by atoms with Crippen LogP contribution in [0.2, 0.25) is 0 Å². The summed E-state index contributed by atoms with van der Waals surface area (Å²) in [5, 5.41) is 8.93. The van der Waals surface area contributed by atoms with Crippen LogP contribution in [0.15, 0.2) is 53.0 Å². The number of hydrogen-bond acceptors (Lipinski definition) is 3. The van der Waals surface area contributed by atoms with Gasteiger partial charge in [0.25, 0.3) is 0 Å². The molecular weight excluding hydrogens is 330 g/mol. The molecule has 0 aliphatic rings. The second kappa shape index (κ2) is 7.59. The molecule has 0 amide bonds. The monoisotopic (exact) mass is 349 g/mol. The van der Waals surface area contributed by atoms with Crippen LogP contribution in [0.1, 0.15) is 24.2 Å². The minimum absolute atomic E-state index is 0.128. The molecule has 0 bridgehead atoms. The Morgan fingerprint density at radius 1 is 1.19 bits per heavy atom. The van der Waals surface area contributed by atoms with E-state index in [4.69, 9.17) is 15.6 Å². The first-order valence-electron chi connectivity index (χ1n) is 6.97. The highest BCUT2D eigenvalue weighted by Crippen LogP contribution is 2.26. The summed E-state index contributed by atoms with van der Waals surface area (Å²) in [5.74, 6) is 0.777. The zero-order chi connectivity index (χ0) is 15.2. The molecule has 3 N–H and O–H groups in total. The van der Waals surface area contributed by atoms with Crippen molar-refractivity contribution in [2.24, 2.45) is 5.73 Å². The molecule has 21 heavy (non-hydrogen) atoms. The normalized spacial score (nSPS) is 13.7. The summed E-state index contributed by atoms with van der Waals surface area (Å²) in [6.07, 6.45) is 0.453. The van der Waals surface area contributed by atoms with Crippen molar-refractivity contribution in [2.75, 3.05) is 6.61 Å². The highest BCUT2D eigenvalue weighted by molar-refractivity contribution is 9.10. The molecule has 2 rings (SSSR count). The lowest BCUT2D eigenvalue weighted by atomic mass is 10.0. The molecule has 2 aromatic carbocycles. The van der Waals surface area contributed by atoms with Crippen molar-refractivity contribution < 1.29 is 9.84 Å². The number of aliphatic hydroxyl groups is 1. The van der Waals surface area contributed by atoms with Crippen molar-refractivity contribution in [1.29, 1.82) is 0 Å². The first-order chi connectivity index (χ1) is 10.1. The number of halogens is 1. The number of rotatable bonds is 6. The van der Waals surface area contributed by atoms with E-state index in [1.807, 2.05) is 55.5 Å². The van der Waals surface area contributed by atoms with Gasteiger partial charge in [0.05, 0.1) is 0 Å². The molecule has 0 saturated carbocycles. The van der Waals surface area contributed by atoms with Gasteiger partial charge in [-0.3, -0.25) is 0 Å². The third-order valence-electron chi connectivity index (χ3n) is 3.24. The van der Waals surface area contributed by atoms with Crippen molar-refractivity contribution >= 4 is 15.9 Å². The average Bonchev–Trinajstić information content (AvgIpc) is 2.46. The summed E-state index contributed by atoms with van der Waals surface area (Å²) >= 11 is 3.47. The van der Waals surface area contributed by atoms with Gasteiger partial charge >= 0.3 is 0 Å². The molecule has 0 aliphatic heterocycles. The molecule has 0 radical (unpaired) electrons. The lowest BCUT2D eigenvalue weighted by molar-refractivity contribution is 0.180. The maximum absolute atomic E-state index is 8.93. The highest BCUT2D eigenvalue weighted by Gasteiger charge is 2.18. The Morgan fingerprint density at radius 3 is 2.48 bits per heavy atom. The van der Waals surface area contributed by atoms with Crippen LogP contribution in [0.4, 0.5) is 0 Å². The number of benzene rings is 2. The Hall–Kier alpha value is -1.36. The molecule has 4 heteroatoms. The van der Waals surface area contributed by atoms with E-state index in [2.05, 4.69) is 15.9 Å². The van der Waals surface area contributed by atoms with Gasteiger partial charge in [-0.15, -0.1) is 0 Å². The number of aliphatic hydroxyl groups excluding tert-OH is 1. The number of ether oxygens (including phenoxy) is 1. The van der Waals surface area contributed by atoms with Gasteiger partial charge in [0.2, 0.25) is 0 Å². The van der Waals surface area contributed by atoms with E-state index in [-0.39, 0.29) is 18.8 Å². The van der Waals surface area contributed by atoms with Crippen LogP contribution in [0.25, 0.3) is 0 Å². The second-order valence-corrected chi connectivity index (χ2v) is 5.99. The lowest BCUT2D eigenvalue weighted by Crippen LogP contribution is -2.29. The van der Waals surface area contributed by atoms with Crippen LogP contribution in [0, 0.1) is 0 Å². The first kappa shape index (κ1) is 16.0. The molecule has 0 fully saturated rings. The van der Waals surface area contributed by atoms with E-state index in [9.17, 15) is 0 Å². The van der Waals surface area contributed by atoms with Crippen molar-refractivity contribution in [2.45, 2.75) is 25.5 Å². The smallest absolute Gasteiger partial charge is 0.138 e. The summed E-state index contributed by atoms with van der Waals surface area (Å²) in [7, 11) is 0. The Labute approximate surface area is 133 Å². The minimum atomic E-state index is -0.203. The molecule has 0 saturated heterocycles. The Kier molecular flexibility index (Phi) is 5.79. The average molecular weight is 350 g/mol. The zero-order valence-corrected chi connectivity index (χ0v) is 13.6. The van der Waals surface area contributed by atoms with Gasteiger partial charge in [0, 0.05) is 17.1 Å². The fraction of sp³-hybridized carbons (Fsp3) is 0.294. The molecule has 0 spiro atoms. The molecule has 2 atom stereocenters.